The van der Waals surface area contributed by atoms with Crippen molar-refractivity contribution >= 4 is 22.9 Å². The van der Waals surface area contributed by atoms with Crippen LogP contribution in [-0.2, 0) is 4.79 Å². The Morgan fingerprint density at radius 3 is 2.40 bits per heavy atom. The second-order valence-electron chi connectivity index (χ2n) is 12.9. The third-order valence-electron chi connectivity index (χ3n) is 9.91. The number of aryl methyl sites for hydroxylation is 1. The molecule has 0 atom stereocenters. The van der Waals surface area contributed by atoms with Gasteiger partial charge in [0.1, 0.15) is 5.75 Å². The molecule has 1 heterocycles. The van der Waals surface area contributed by atoms with E-state index in [9.17, 15) is 4.79 Å². The van der Waals surface area contributed by atoms with Gasteiger partial charge in [0.25, 0.3) is 0 Å². The van der Waals surface area contributed by atoms with Crippen molar-refractivity contribution in [2.45, 2.75) is 89.4 Å². The predicted molar refractivity (Wildman–Crippen MR) is 170 cm³/mol. The largest absolute Gasteiger partial charge is 0.496 e. The average Bonchev–Trinajstić information content (AvgIpc) is 3.76. The van der Waals surface area contributed by atoms with Gasteiger partial charge in [-0.05, 0) is 124 Å². The summed E-state index contributed by atoms with van der Waals surface area (Å²) in [7, 11) is 1.73. The highest BCUT2D eigenvalue weighted by molar-refractivity contribution is 7.15. The highest BCUT2D eigenvalue weighted by atomic mass is 32.1. The summed E-state index contributed by atoms with van der Waals surface area (Å²) in [5, 5.41) is 10.4. The van der Waals surface area contributed by atoms with E-state index < -0.39 is 0 Å². The molecule has 3 aliphatic carbocycles. The Labute approximate surface area is 254 Å². The standard InChI is InChI=1S/C36H43N3O2S/c1-24-20-30(16-17-33(24)41-2)27-10-8-26(9-11-27)23-39(36(40)29-12-6-25(7-13-29)18-19-37)32-5-3-4-31(21-32)34-22-38-35(42-34)28-14-15-28/h3-5,16-17,20-22,25-29H,6-15,18,23H2,1-2H3. The van der Waals surface area contributed by atoms with Crippen molar-refractivity contribution in [1.29, 1.82) is 5.26 Å². The van der Waals surface area contributed by atoms with Gasteiger partial charge in [-0.1, -0.05) is 24.3 Å². The van der Waals surface area contributed by atoms with Crippen molar-refractivity contribution in [3.8, 4) is 22.3 Å². The molecule has 0 bridgehead atoms. The fourth-order valence-corrected chi connectivity index (χ4v) is 8.23. The van der Waals surface area contributed by atoms with Gasteiger partial charge in [0, 0.05) is 36.7 Å². The quantitative estimate of drug-likeness (QED) is 0.253. The smallest absolute Gasteiger partial charge is 0.230 e. The number of hydrogen-bond donors (Lipinski definition) is 0. The molecule has 0 N–H and O–H groups in total. The van der Waals surface area contributed by atoms with Crippen molar-refractivity contribution in [2.75, 3.05) is 18.6 Å². The summed E-state index contributed by atoms with van der Waals surface area (Å²) in [6, 6.07) is 17.6. The van der Waals surface area contributed by atoms with Crippen LogP contribution in [0, 0.1) is 36.0 Å². The maximum atomic E-state index is 14.2. The number of methoxy groups -OCH3 is 1. The van der Waals surface area contributed by atoms with E-state index in [0.717, 1.165) is 74.9 Å². The summed E-state index contributed by atoms with van der Waals surface area (Å²) >= 11 is 1.81. The molecule has 0 unspecified atom stereocenters. The van der Waals surface area contributed by atoms with Crippen LogP contribution in [0.1, 0.15) is 98.6 Å². The number of amides is 1. The molecular formula is C36H43N3O2S. The summed E-state index contributed by atoms with van der Waals surface area (Å²) in [5.41, 5.74) is 4.79. The maximum absolute atomic E-state index is 14.2. The number of benzene rings is 2. The Morgan fingerprint density at radius 1 is 0.976 bits per heavy atom. The Kier molecular flexibility index (Phi) is 8.95. The van der Waals surface area contributed by atoms with Crippen LogP contribution in [0.3, 0.4) is 0 Å². The van der Waals surface area contributed by atoms with Crippen LogP contribution in [0.2, 0.25) is 0 Å². The van der Waals surface area contributed by atoms with Crippen molar-refractivity contribution in [1.82, 2.24) is 4.98 Å². The lowest BCUT2D eigenvalue weighted by Crippen LogP contribution is -2.41. The molecule has 6 rings (SSSR count). The molecule has 3 aromatic rings. The first-order valence-electron chi connectivity index (χ1n) is 15.9. The molecule has 0 aliphatic heterocycles. The van der Waals surface area contributed by atoms with Crippen LogP contribution in [0.15, 0.2) is 48.7 Å². The van der Waals surface area contributed by atoms with Crippen LogP contribution in [-0.4, -0.2) is 24.5 Å². The second-order valence-corrected chi connectivity index (χ2v) is 13.9. The second kappa shape index (κ2) is 13.0. The van der Waals surface area contributed by atoms with E-state index in [2.05, 4.69) is 60.4 Å². The molecule has 42 heavy (non-hydrogen) atoms. The Morgan fingerprint density at radius 2 is 1.71 bits per heavy atom. The number of hydrogen-bond acceptors (Lipinski definition) is 5. The molecule has 3 aliphatic rings. The average molecular weight is 582 g/mol. The van der Waals surface area contributed by atoms with Gasteiger partial charge in [-0.25, -0.2) is 4.98 Å². The number of carbonyl (C=O) groups excluding carboxylic acids is 1. The normalized spacial score (nSPS) is 24.1. The minimum absolute atomic E-state index is 0.0482. The number of carbonyl (C=O) groups is 1. The molecule has 2 aromatic carbocycles. The van der Waals surface area contributed by atoms with Crippen LogP contribution in [0.4, 0.5) is 5.69 Å². The highest BCUT2D eigenvalue weighted by Gasteiger charge is 2.33. The number of ether oxygens (including phenoxy) is 1. The van der Waals surface area contributed by atoms with Crippen LogP contribution in [0.25, 0.3) is 10.4 Å². The predicted octanol–water partition coefficient (Wildman–Crippen LogP) is 9.03. The van der Waals surface area contributed by atoms with Crippen molar-refractivity contribution in [2.24, 2.45) is 17.8 Å². The molecule has 0 spiro atoms. The molecule has 1 amide bonds. The number of nitriles is 1. The first kappa shape index (κ1) is 28.9. The maximum Gasteiger partial charge on any atom is 0.230 e. The Hall–Kier alpha value is -3.17. The highest BCUT2D eigenvalue weighted by Crippen LogP contribution is 2.44. The van der Waals surface area contributed by atoms with E-state index in [0.29, 0.717) is 30.1 Å². The number of aromatic nitrogens is 1. The number of nitrogens with zero attached hydrogens (tertiary/aromatic N) is 3. The monoisotopic (exact) mass is 581 g/mol. The van der Waals surface area contributed by atoms with Gasteiger partial charge in [-0.2, -0.15) is 5.26 Å². The number of rotatable bonds is 9. The van der Waals surface area contributed by atoms with Gasteiger partial charge >= 0.3 is 0 Å². The first-order valence-corrected chi connectivity index (χ1v) is 16.7. The van der Waals surface area contributed by atoms with E-state index in [1.54, 1.807) is 18.4 Å². The molecule has 5 nitrogen and oxygen atoms in total. The van der Waals surface area contributed by atoms with Gasteiger partial charge in [0.2, 0.25) is 5.91 Å². The van der Waals surface area contributed by atoms with Gasteiger partial charge < -0.3 is 9.64 Å². The number of anilines is 1. The zero-order valence-electron chi connectivity index (χ0n) is 25.1. The SMILES string of the molecule is COc1ccc(C2CCC(CN(C(=O)C3CCC(CC#N)CC3)c3cccc(-c4cnc(C5CC5)s4)c3)CC2)cc1C. The van der Waals surface area contributed by atoms with Gasteiger partial charge in [-0.3, -0.25) is 4.79 Å². The van der Waals surface area contributed by atoms with Gasteiger partial charge in [0.05, 0.1) is 23.1 Å². The third kappa shape index (κ3) is 6.57. The fraction of sp³-hybridized carbons (Fsp3) is 0.528. The van der Waals surface area contributed by atoms with E-state index in [4.69, 9.17) is 15.0 Å². The molecule has 6 heteroatoms. The minimum atomic E-state index is 0.0482. The zero-order chi connectivity index (χ0) is 29.1. The van der Waals surface area contributed by atoms with Gasteiger partial charge in [-0.15, -0.1) is 11.3 Å². The number of thiazole rings is 1. The zero-order valence-corrected chi connectivity index (χ0v) is 25.9. The van der Waals surface area contributed by atoms with E-state index in [1.165, 1.54) is 33.9 Å². The van der Waals surface area contributed by atoms with Gasteiger partial charge in [0.15, 0.2) is 0 Å². The third-order valence-corrected chi connectivity index (χ3v) is 11.1. The minimum Gasteiger partial charge on any atom is -0.496 e. The molecule has 0 saturated heterocycles. The summed E-state index contributed by atoms with van der Waals surface area (Å²) in [6.07, 6.45) is 13.5. The lowest BCUT2D eigenvalue weighted by atomic mass is 9.77. The fourth-order valence-electron chi connectivity index (χ4n) is 7.14. The summed E-state index contributed by atoms with van der Waals surface area (Å²) in [4.78, 5) is 22.2. The summed E-state index contributed by atoms with van der Waals surface area (Å²) in [5.74, 6) is 3.43. The van der Waals surface area contributed by atoms with E-state index >= 15 is 0 Å². The molecule has 1 aromatic heterocycles. The Bertz CT molecular complexity index is 1420. The molecule has 220 valence electrons. The van der Waals surface area contributed by atoms with Crippen LogP contribution in [0.5, 0.6) is 5.75 Å². The first-order chi connectivity index (χ1) is 20.5. The lowest BCUT2D eigenvalue weighted by molar-refractivity contribution is -0.123. The van der Waals surface area contributed by atoms with Crippen molar-refractivity contribution in [3.63, 3.8) is 0 Å². The Balaban J connectivity index is 1.18. The van der Waals surface area contributed by atoms with E-state index in [-0.39, 0.29) is 11.8 Å². The molecular weight excluding hydrogens is 538 g/mol. The molecule has 3 fully saturated rings. The van der Waals surface area contributed by atoms with Crippen molar-refractivity contribution in [3.05, 3.63) is 64.8 Å². The van der Waals surface area contributed by atoms with E-state index in [1.807, 2.05) is 6.20 Å². The molecule has 0 radical (unpaired) electrons. The summed E-state index contributed by atoms with van der Waals surface area (Å²) < 4.78 is 5.48. The van der Waals surface area contributed by atoms with Crippen LogP contribution < -0.4 is 9.64 Å². The molecule has 3 saturated carbocycles. The lowest BCUT2D eigenvalue weighted by Gasteiger charge is -2.36. The summed E-state index contributed by atoms with van der Waals surface area (Å²) in [6.45, 7) is 2.91. The van der Waals surface area contributed by atoms with Crippen molar-refractivity contribution < 1.29 is 9.53 Å². The van der Waals surface area contributed by atoms with Crippen LogP contribution >= 0.6 is 11.3 Å². The topological polar surface area (TPSA) is 66.2 Å².